The minimum Gasteiger partial charge on any atom is -0.397 e. The maximum absolute atomic E-state index is 13.2. The van der Waals surface area contributed by atoms with Crippen LogP contribution in [0, 0.1) is 19.3 Å². The number of thiophene rings is 1. The molecule has 2 fully saturated rings. The summed E-state index contributed by atoms with van der Waals surface area (Å²) in [5.41, 5.74) is 17.9. The van der Waals surface area contributed by atoms with Crippen LogP contribution < -0.4 is 21.7 Å². The SMILES string of the molecule is Cc1cc(C)c2c(N)c(C(=O)NC3CCc4nc(N5CC(N)C6(CCCOC6)C5)ccc4C3)sc2n1. The number of pyridine rings is 2. The third-order valence-corrected chi connectivity index (χ3v) is 9.30. The van der Waals surface area contributed by atoms with Crippen molar-refractivity contribution in [2.45, 2.75) is 58.0 Å². The van der Waals surface area contributed by atoms with E-state index in [4.69, 9.17) is 21.2 Å². The van der Waals surface area contributed by atoms with Crippen LogP contribution in [0.15, 0.2) is 18.2 Å². The van der Waals surface area contributed by atoms with Gasteiger partial charge in [-0.1, -0.05) is 6.07 Å². The first-order chi connectivity index (χ1) is 17.3. The molecule has 3 aromatic heterocycles. The molecule has 0 radical (unpaired) electrons. The number of hydrogen-bond donors (Lipinski definition) is 3. The fourth-order valence-corrected chi connectivity index (χ4v) is 7.37. The van der Waals surface area contributed by atoms with Gasteiger partial charge in [-0.3, -0.25) is 4.79 Å². The van der Waals surface area contributed by atoms with Gasteiger partial charge in [0.1, 0.15) is 15.5 Å². The Hall–Kier alpha value is -2.75. The summed E-state index contributed by atoms with van der Waals surface area (Å²) in [6, 6.07) is 6.46. The molecule has 2 saturated heterocycles. The molecule has 2 aliphatic heterocycles. The second-order valence-electron chi connectivity index (χ2n) is 10.8. The van der Waals surface area contributed by atoms with Gasteiger partial charge in [-0.05, 0) is 69.2 Å². The second kappa shape index (κ2) is 8.97. The molecule has 1 spiro atoms. The number of nitrogens with zero attached hydrogens (tertiary/aromatic N) is 3. The number of carbonyl (C=O) groups excluding carboxylic acids is 1. The summed E-state index contributed by atoms with van der Waals surface area (Å²) in [7, 11) is 0. The normalized spacial score (nSPS) is 25.9. The van der Waals surface area contributed by atoms with Crippen molar-refractivity contribution in [1.29, 1.82) is 0 Å². The van der Waals surface area contributed by atoms with E-state index < -0.39 is 0 Å². The van der Waals surface area contributed by atoms with E-state index in [1.165, 1.54) is 16.9 Å². The third-order valence-electron chi connectivity index (χ3n) is 8.20. The van der Waals surface area contributed by atoms with E-state index in [1.54, 1.807) is 0 Å². The molecule has 1 aliphatic carbocycles. The Kier molecular flexibility index (Phi) is 5.89. The van der Waals surface area contributed by atoms with Crippen LogP contribution in [-0.2, 0) is 17.6 Å². The van der Waals surface area contributed by atoms with Crippen LogP contribution in [0.5, 0.6) is 0 Å². The number of nitrogens with one attached hydrogen (secondary N) is 1. The van der Waals surface area contributed by atoms with Crippen LogP contribution in [-0.4, -0.2) is 54.3 Å². The highest BCUT2D eigenvalue weighted by Gasteiger charge is 2.46. The minimum atomic E-state index is -0.114. The number of aryl methyl sites for hydroxylation is 3. The van der Waals surface area contributed by atoms with E-state index >= 15 is 0 Å². The van der Waals surface area contributed by atoms with Gasteiger partial charge in [-0.2, -0.15) is 0 Å². The van der Waals surface area contributed by atoms with Crippen molar-refractivity contribution in [1.82, 2.24) is 15.3 Å². The molecule has 0 saturated carbocycles. The Morgan fingerprint density at radius 2 is 2.17 bits per heavy atom. The summed E-state index contributed by atoms with van der Waals surface area (Å²) >= 11 is 1.37. The molecule has 3 aliphatic rings. The molecule has 190 valence electrons. The van der Waals surface area contributed by atoms with Crippen molar-refractivity contribution >= 4 is 39.0 Å². The van der Waals surface area contributed by atoms with Crippen molar-refractivity contribution in [2.75, 3.05) is 36.9 Å². The number of hydrogen-bond acceptors (Lipinski definition) is 8. The highest BCUT2D eigenvalue weighted by Crippen LogP contribution is 2.39. The third kappa shape index (κ3) is 4.03. The van der Waals surface area contributed by atoms with Crippen molar-refractivity contribution in [3.05, 3.63) is 45.6 Å². The largest absolute Gasteiger partial charge is 0.397 e. The molecular formula is C27H34N6O2S. The van der Waals surface area contributed by atoms with Crippen LogP contribution in [0.1, 0.15) is 51.4 Å². The van der Waals surface area contributed by atoms with Gasteiger partial charge in [0.15, 0.2) is 0 Å². The number of carbonyl (C=O) groups is 1. The Balaban J connectivity index is 1.15. The van der Waals surface area contributed by atoms with Crippen molar-refractivity contribution in [2.24, 2.45) is 11.1 Å². The van der Waals surface area contributed by atoms with Gasteiger partial charge in [0.2, 0.25) is 0 Å². The molecule has 1 amide bonds. The van der Waals surface area contributed by atoms with Gasteiger partial charge in [0.25, 0.3) is 5.91 Å². The highest BCUT2D eigenvalue weighted by molar-refractivity contribution is 7.21. The van der Waals surface area contributed by atoms with E-state index in [0.29, 0.717) is 10.6 Å². The zero-order valence-corrected chi connectivity index (χ0v) is 21.8. The lowest BCUT2D eigenvalue weighted by Crippen LogP contribution is -2.46. The predicted octanol–water partition coefficient (Wildman–Crippen LogP) is 3.12. The van der Waals surface area contributed by atoms with Gasteiger partial charge in [-0.15, -0.1) is 11.3 Å². The first kappa shape index (κ1) is 23.6. The lowest BCUT2D eigenvalue weighted by Gasteiger charge is -2.36. The molecular weight excluding hydrogens is 472 g/mol. The molecule has 0 bridgehead atoms. The number of ether oxygens (including phenoxy) is 1. The second-order valence-corrected chi connectivity index (χ2v) is 11.8. The number of amides is 1. The first-order valence-corrected chi connectivity index (χ1v) is 13.7. The monoisotopic (exact) mass is 506 g/mol. The Bertz CT molecular complexity index is 1330. The minimum absolute atomic E-state index is 0.0480. The van der Waals surface area contributed by atoms with Gasteiger partial charge < -0.3 is 26.4 Å². The number of nitrogens with two attached hydrogens (primary N) is 2. The quantitative estimate of drug-likeness (QED) is 0.499. The van der Waals surface area contributed by atoms with E-state index in [0.717, 1.165) is 91.4 Å². The fourth-order valence-electron chi connectivity index (χ4n) is 6.25. The van der Waals surface area contributed by atoms with Gasteiger partial charge in [-0.25, -0.2) is 9.97 Å². The van der Waals surface area contributed by atoms with E-state index in [2.05, 4.69) is 27.3 Å². The topological polar surface area (TPSA) is 119 Å². The number of aromatic nitrogens is 2. The Morgan fingerprint density at radius 3 is 2.97 bits per heavy atom. The summed E-state index contributed by atoms with van der Waals surface area (Å²) in [4.78, 5) is 26.5. The zero-order valence-electron chi connectivity index (χ0n) is 21.0. The van der Waals surface area contributed by atoms with Gasteiger partial charge >= 0.3 is 0 Å². The van der Waals surface area contributed by atoms with Gasteiger partial charge in [0.05, 0.1) is 12.3 Å². The van der Waals surface area contributed by atoms with Crippen LogP contribution in [0.3, 0.4) is 0 Å². The van der Waals surface area contributed by atoms with Gasteiger partial charge in [0, 0.05) is 54.0 Å². The molecule has 8 nitrogen and oxygen atoms in total. The summed E-state index contributed by atoms with van der Waals surface area (Å²) in [6.45, 7) is 7.29. The Morgan fingerprint density at radius 1 is 1.31 bits per heavy atom. The van der Waals surface area contributed by atoms with E-state index in [-0.39, 0.29) is 23.4 Å². The molecule has 3 atom stereocenters. The van der Waals surface area contributed by atoms with Crippen LogP contribution in [0.2, 0.25) is 0 Å². The average Bonchev–Trinajstić information content (AvgIpc) is 3.35. The first-order valence-electron chi connectivity index (χ1n) is 12.9. The number of rotatable bonds is 3. The molecule has 5 N–H and O–H groups in total. The lowest BCUT2D eigenvalue weighted by molar-refractivity contribution is -0.00345. The molecule has 0 aromatic carbocycles. The lowest BCUT2D eigenvalue weighted by atomic mass is 9.79. The summed E-state index contributed by atoms with van der Waals surface area (Å²) < 4.78 is 5.79. The van der Waals surface area contributed by atoms with Crippen molar-refractivity contribution in [3.8, 4) is 0 Å². The molecule has 36 heavy (non-hydrogen) atoms. The van der Waals surface area contributed by atoms with Crippen LogP contribution >= 0.6 is 11.3 Å². The van der Waals surface area contributed by atoms with E-state index in [1.807, 2.05) is 19.9 Å². The fraction of sp³-hybridized carbons (Fsp3) is 0.519. The predicted molar refractivity (Wildman–Crippen MR) is 144 cm³/mol. The number of nitrogen functional groups attached to an aromatic ring is 1. The molecule has 5 heterocycles. The maximum Gasteiger partial charge on any atom is 0.263 e. The molecule has 6 rings (SSSR count). The highest BCUT2D eigenvalue weighted by atomic mass is 32.1. The zero-order chi connectivity index (χ0) is 25.0. The van der Waals surface area contributed by atoms with Crippen LogP contribution in [0.25, 0.3) is 10.2 Å². The average molecular weight is 507 g/mol. The molecule has 9 heteroatoms. The number of fused-ring (bicyclic) bond motifs is 2. The van der Waals surface area contributed by atoms with Crippen molar-refractivity contribution in [3.63, 3.8) is 0 Å². The summed E-state index contributed by atoms with van der Waals surface area (Å²) in [5.74, 6) is 0.891. The molecule has 3 unspecified atom stereocenters. The van der Waals surface area contributed by atoms with Crippen LogP contribution in [0.4, 0.5) is 11.5 Å². The Labute approximate surface area is 215 Å². The standard InChI is InChI=1S/C27H34N6O2S/c1-15-10-16(2)30-26-22(15)23(29)24(36-26)25(34)31-18-5-6-19-17(11-18)4-7-21(32-19)33-12-20(28)27(13-33)8-3-9-35-14-27/h4,7,10,18,20H,3,5-6,8-9,11-14,28-29H2,1-2H3,(H,31,34). The summed E-state index contributed by atoms with van der Waals surface area (Å²) in [6.07, 6.45) is 4.66. The van der Waals surface area contributed by atoms with E-state index in [9.17, 15) is 4.79 Å². The van der Waals surface area contributed by atoms with Crippen molar-refractivity contribution < 1.29 is 9.53 Å². The molecule has 3 aromatic rings. The number of anilines is 2. The maximum atomic E-state index is 13.2. The smallest absolute Gasteiger partial charge is 0.263 e. The summed E-state index contributed by atoms with van der Waals surface area (Å²) in [5, 5.41) is 4.11.